The molecule has 0 spiro atoms. The van der Waals surface area contributed by atoms with Gasteiger partial charge in [0.05, 0.1) is 0 Å². The maximum Gasteiger partial charge on any atom is 0.220 e. The maximum absolute atomic E-state index is 12.5. The topological polar surface area (TPSA) is 130 Å². The number of amides is 1. The number of likely N-dealkylation sites (tertiary alicyclic amines) is 1. The molecule has 32 heavy (non-hydrogen) atoms. The molecule has 0 bridgehead atoms. The average Bonchev–Trinajstić information content (AvgIpc) is 2.53. The van der Waals surface area contributed by atoms with Gasteiger partial charge in [-0.05, 0) is 53.3 Å². The molecule has 1 aliphatic rings. The van der Waals surface area contributed by atoms with Crippen molar-refractivity contribution in [3.8, 4) is 0 Å². The smallest absolute Gasteiger partial charge is 0.220 e. The first-order valence-electron chi connectivity index (χ1n) is 10.6. The third kappa shape index (κ3) is 10.6. The molecule has 1 saturated heterocycles. The Bertz CT molecular complexity index is 657. The standard InChI is InChI=1S/C24H39ClN2O.CH4.H3N.2H2O/c1-17(2)21(26-22(28)14-23(3,4)5)15-27-13-12-20(24(6,7)16-27)18-8-10-19(25)11-9-18;;;;/h8-11,17,20-21H,12-16H2,1-7H3,(H,26,28);1H4;1H3;2*1H2/t20-,21+;;;;/m1..../s1. The molecule has 6 nitrogen and oxygen atoms in total. The molecule has 190 valence electrons. The van der Waals surface area contributed by atoms with Gasteiger partial charge in [-0.25, -0.2) is 0 Å². The number of nitrogens with one attached hydrogen (secondary N) is 1. The van der Waals surface area contributed by atoms with Crippen LogP contribution in [0.2, 0.25) is 5.02 Å². The zero-order valence-electron chi connectivity index (χ0n) is 20.5. The highest BCUT2D eigenvalue weighted by molar-refractivity contribution is 6.30. The number of halogens is 1. The lowest BCUT2D eigenvalue weighted by molar-refractivity contribution is -0.124. The third-order valence-corrected chi connectivity index (χ3v) is 6.13. The molecule has 1 amide bonds. The molecule has 0 unspecified atom stereocenters. The number of benzene rings is 1. The molecule has 1 aromatic rings. The van der Waals surface area contributed by atoms with Gasteiger partial charge in [0.2, 0.25) is 5.91 Å². The van der Waals surface area contributed by atoms with Gasteiger partial charge < -0.3 is 27.3 Å². The molecule has 2 rings (SSSR count). The van der Waals surface area contributed by atoms with Gasteiger partial charge in [-0.2, -0.15) is 0 Å². The van der Waals surface area contributed by atoms with Crippen molar-refractivity contribution in [3.05, 3.63) is 34.9 Å². The second-order valence-corrected chi connectivity index (χ2v) is 11.2. The number of hydrogen-bond donors (Lipinski definition) is 2. The molecule has 2 atom stereocenters. The fourth-order valence-corrected chi connectivity index (χ4v) is 4.50. The summed E-state index contributed by atoms with van der Waals surface area (Å²) in [5, 5.41) is 4.10. The van der Waals surface area contributed by atoms with Crippen molar-refractivity contribution < 1.29 is 15.7 Å². The number of carbonyl (C=O) groups excluding carboxylic acids is 1. The van der Waals surface area contributed by atoms with Gasteiger partial charge >= 0.3 is 0 Å². The lowest BCUT2D eigenvalue weighted by Crippen LogP contribution is -2.52. The molecule has 0 saturated carbocycles. The van der Waals surface area contributed by atoms with Gasteiger partial charge in [0.15, 0.2) is 0 Å². The summed E-state index contributed by atoms with van der Waals surface area (Å²) in [5.41, 5.74) is 1.58. The summed E-state index contributed by atoms with van der Waals surface area (Å²) in [6.07, 6.45) is 1.70. The zero-order chi connectivity index (χ0) is 21.1. The lowest BCUT2D eigenvalue weighted by Gasteiger charge is -2.46. The second-order valence-electron chi connectivity index (χ2n) is 10.8. The minimum atomic E-state index is 0. The Morgan fingerprint density at radius 3 is 2.16 bits per heavy atom. The SMILES string of the molecule is C.CC(C)[C@H](CN1CC[C@H](c2ccc(Cl)cc2)C(C)(C)C1)NC(=O)CC(C)(C)C.N.O.O. The van der Waals surface area contributed by atoms with Crippen molar-refractivity contribution >= 4 is 17.5 Å². The van der Waals surface area contributed by atoms with E-state index in [4.69, 9.17) is 11.6 Å². The molecule has 1 fully saturated rings. The largest absolute Gasteiger partial charge is 0.412 e. The van der Waals surface area contributed by atoms with E-state index in [1.807, 2.05) is 12.1 Å². The summed E-state index contributed by atoms with van der Waals surface area (Å²) in [6, 6.07) is 8.54. The number of piperidine rings is 1. The number of nitrogens with zero attached hydrogens (tertiary/aromatic N) is 1. The zero-order valence-corrected chi connectivity index (χ0v) is 21.3. The van der Waals surface area contributed by atoms with E-state index in [0.29, 0.717) is 18.3 Å². The Morgan fingerprint density at radius 1 is 1.19 bits per heavy atom. The molecule has 1 heterocycles. The summed E-state index contributed by atoms with van der Waals surface area (Å²) < 4.78 is 0. The van der Waals surface area contributed by atoms with Crippen molar-refractivity contribution in [1.29, 1.82) is 0 Å². The van der Waals surface area contributed by atoms with E-state index < -0.39 is 0 Å². The van der Waals surface area contributed by atoms with Crippen LogP contribution in [-0.4, -0.2) is 47.4 Å². The van der Waals surface area contributed by atoms with Crippen LogP contribution in [0.1, 0.15) is 80.2 Å². The first-order chi connectivity index (χ1) is 12.9. The summed E-state index contributed by atoms with van der Waals surface area (Å²) in [7, 11) is 0. The predicted octanol–water partition coefficient (Wildman–Crippen LogP) is 4.88. The van der Waals surface area contributed by atoms with Gasteiger partial charge in [-0.15, -0.1) is 0 Å². The van der Waals surface area contributed by atoms with Crippen molar-refractivity contribution in [2.24, 2.45) is 16.7 Å². The van der Waals surface area contributed by atoms with Crippen molar-refractivity contribution in [2.75, 3.05) is 19.6 Å². The van der Waals surface area contributed by atoms with Crippen LogP contribution < -0.4 is 11.5 Å². The van der Waals surface area contributed by atoms with Crippen molar-refractivity contribution in [1.82, 2.24) is 16.4 Å². The summed E-state index contributed by atoms with van der Waals surface area (Å²) >= 11 is 6.07. The van der Waals surface area contributed by atoms with E-state index in [1.165, 1.54) is 5.56 Å². The highest BCUT2D eigenvalue weighted by atomic mass is 35.5. The summed E-state index contributed by atoms with van der Waals surface area (Å²) in [6.45, 7) is 18.5. The Balaban J connectivity index is -0.00000210. The van der Waals surface area contributed by atoms with Gasteiger partial charge in [-0.1, -0.05) is 79.6 Å². The maximum atomic E-state index is 12.5. The van der Waals surface area contributed by atoms with Crippen LogP contribution >= 0.6 is 11.6 Å². The quantitative estimate of drug-likeness (QED) is 0.607. The average molecular weight is 476 g/mol. The summed E-state index contributed by atoms with van der Waals surface area (Å²) in [5.74, 6) is 1.12. The molecule has 1 aliphatic heterocycles. The van der Waals surface area contributed by atoms with E-state index in [9.17, 15) is 4.79 Å². The van der Waals surface area contributed by atoms with Crippen molar-refractivity contribution in [3.63, 3.8) is 0 Å². The van der Waals surface area contributed by atoms with Gasteiger partial charge in [-0.3, -0.25) is 4.79 Å². The number of rotatable bonds is 6. The van der Waals surface area contributed by atoms with Crippen LogP contribution in [-0.2, 0) is 4.79 Å². The van der Waals surface area contributed by atoms with Crippen LogP contribution in [0.5, 0.6) is 0 Å². The molecule has 7 heteroatoms. The van der Waals surface area contributed by atoms with Gasteiger partial charge in [0, 0.05) is 30.6 Å². The predicted molar refractivity (Wildman–Crippen MR) is 139 cm³/mol. The van der Waals surface area contributed by atoms with Crippen LogP contribution in [0, 0.1) is 16.7 Å². The van der Waals surface area contributed by atoms with Crippen LogP contribution in [0.4, 0.5) is 0 Å². The summed E-state index contributed by atoms with van der Waals surface area (Å²) in [4.78, 5) is 15.0. The van der Waals surface area contributed by atoms with E-state index >= 15 is 0 Å². The van der Waals surface area contributed by atoms with Crippen LogP contribution in [0.25, 0.3) is 0 Å². The van der Waals surface area contributed by atoms with Gasteiger partial charge in [0.1, 0.15) is 0 Å². The Morgan fingerprint density at radius 2 is 1.72 bits per heavy atom. The van der Waals surface area contributed by atoms with Gasteiger partial charge in [0.25, 0.3) is 0 Å². The molecular formula is C25H50ClN3O3. The fraction of sp³-hybridized carbons (Fsp3) is 0.720. The van der Waals surface area contributed by atoms with E-state index in [1.54, 1.807) is 0 Å². The molecule has 8 N–H and O–H groups in total. The van der Waals surface area contributed by atoms with Crippen LogP contribution in [0.15, 0.2) is 24.3 Å². The normalized spacial score (nSPS) is 18.8. The van der Waals surface area contributed by atoms with E-state index in [2.05, 4.69) is 70.8 Å². The molecular weight excluding hydrogens is 426 g/mol. The molecule has 0 aliphatic carbocycles. The second kappa shape index (κ2) is 14.2. The highest BCUT2D eigenvalue weighted by Gasteiger charge is 2.37. The van der Waals surface area contributed by atoms with Crippen LogP contribution in [0.3, 0.4) is 0 Å². The Labute approximate surface area is 201 Å². The number of carbonyl (C=O) groups is 1. The van der Waals surface area contributed by atoms with E-state index in [-0.39, 0.29) is 47.3 Å². The highest BCUT2D eigenvalue weighted by Crippen LogP contribution is 2.42. The Hall–Kier alpha value is -1.18. The first kappa shape index (κ1) is 35.4. The molecule has 1 aromatic carbocycles. The first-order valence-corrected chi connectivity index (χ1v) is 11.0. The van der Waals surface area contributed by atoms with Crippen molar-refractivity contribution in [2.45, 2.75) is 80.7 Å². The Kier molecular flexibility index (Phi) is 15.7. The minimum Gasteiger partial charge on any atom is -0.412 e. The lowest BCUT2D eigenvalue weighted by atomic mass is 9.70. The molecule has 0 radical (unpaired) electrons. The fourth-order valence-electron chi connectivity index (χ4n) is 4.38. The number of hydrogen-bond acceptors (Lipinski definition) is 3. The third-order valence-electron chi connectivity index (χ3n) is 5.88. The minimum absolute atomic E-state index is 0. The molecule has 0 aromatic heterocycles. The monoisotopic (exact) mass is 475 g/mol. The van der Waals surface area contributed by atoms with E-state index in [0.717, 1.165) is 31.1 Å².